The van der Waals surface area contributed by atoms with Gasteiger partial charge in [-0.15, -0.1) is 0 Å². The van der Waals surface area contributed by atoms with E-state index in [-0.39, 0.29) is 11.3 Å². The van der Waals surface area contributed by atoms with Crippen molar-refractivity contribution < 1.29 is 4.79 Å². The fourth-order valence-electron chi connectivity index (χ4n) is 2.77. The molecule has 19 heavy (non-hydrogen) atoms. The van der Waals surface area contributed by atoms with E-state index in [0.717, 1.165) is 37.1 Å². The van der Waals surface area contributed by atoms with E-state index < -0.39 is 0 Å². The maximum Gasteiger partial charge on any atom is 0.254 e. The molecule has 1 fully saturated rings. The molecule has 0 saturated carbocycles. The van der Waals surface area contributed by atoms with Crippen molar-refractivity contribution >= 4 is 5.91 Å². The monoisotopic (exact) mass is 259 g/mol. The molecule has 104 valence electrons. The molecular formula is C17H25NO. The molecule has 1 heterocycles. The van der Waals surface area contributed by atoms with E-state index in [1.807, 2.05) is 23.1 Å². The highest BCUT2D eigenvalue weighted by Crippen LogP contribution is 2.27. The second-order valence-corrected chi connectivity index (χ2v) is 6.50. The van der Waals surface area contributed by atoms with Crippen molar-refractivity contribution in [2.75, 3.05) is 13.1 Å². The van der Waals surface area contributed by atoms with E-state index in [1.54, 1.807) is 0 Å². The van der Waals surface area contributed by atoms with Crippen LogP contribution in [0.1, 0.15) is 62.4 Å². The Morgan fingerprint density at radius 3 is 2.16 bits per heavy atom. The molecule has 0 aromatic heterocycles. The van der Waals surface area contributed by atoms with Crippen molar-refractivity contribution in [2.45, 2.75) is 51.9 Å². The van der Waals surface area contributed by atoms with E-state index in [4.69, 9.17) is 0 Å². The Morgan fingerprint density at radius 2 is 1.58 bits per heavy atom. The summed E-state index contributed by atoms with van der Waals surface area (Å²) in [5, 5.41) is 0. The van der Waals surface area contributed by atoms with Crippen LogP contribution >= 0.6 is 0 Å². The first-order chi connectivity index (χ1) is 9.00. The Balaban J connectivity index is 2.28. The highest BCUT2D eigenvalue weighted by Gasteiger charge is 2.24. The molecular weight excluding hydrogens is 234 g/mol. The minimum absolute atomic E-state index is 0.0120. The number of benzene rings is 1. The smallest absolute Gasteiger partial charge is 0.254 e. The highest BCUT2D eigenvalue weighted by atomic mass is 16.2. The van der Waals surface area contributed by atoms with Gasteiger partial charge in [-0.3, -0.25) is 4.79 Å². The number of hydrogen-bond acceptors (Lipinski definition) is 1. The quantitative estimate of drug-likeness (QED) is 0.746. The minimum atomic E-state index is 0.0120. The number of nitrogens with zero attached hydrogens (tertiary/aromatic N) is 1. The molecule has 2 nitrogen and oxygen atoms in total. The van der Waals surface area contributed by atoms with Crippen LogP contribution in [-0.4, -0.2) is 23.9 Å². The topological polar surface area (TPSA) is 20.3 Å². The molecule has 0 aliphatic carbocycles. The van der Waals surface area contributed by atoms with Crippen LogP contribution in [-0.2, 0) is 5.41 Å². The lowest BCUT2D eigenvalue weighted by Gasteiger charge is -2.26. The lowest BCUT2D eigenvalue weighted by molar-refractivity contribution is 0.0759. The third-order valence-corrected chi connectivity index (χ3v) is 3.86. The summed E-state index contributed by atoms with van der Waals surface area (Å²) in [5.41, 5.74) is 2.05. The predicted octanol–water partition coefficient (Wildman–Crippen LogP) is 4.00. The average molecular weight is 259 g/mol. The second kappa shape index (κ2) is 5.77. The van der Waals surface area contributed by atoms with Crippen LogP contribution < -0.4 is 0 Å². The summed E-state index contributed by atoms with van der Waals surface area (Å²) >= 11 is 0. The number of carbonyl (C=O) groups excluding carboxylic acids is 1. The highest BCUT2D eigenvalue weighted by molar-refractivity contribution is 5.96. The van der Waals surface area contributed by atoms with Gasteiger partial charge in [-0.1, -0.05) is 51.8 Å². The van der Waals surface area contributed by atoms with Crippen molar-refractivity contribution in [3.8, 4) is 0 Å². The molecule has 0 spiro atoms. The van der Waals surface area contributed by atoms with E-state index in [9.17, 15) is 4.79 Å². The second-order valence-electron chi connectivity index (χ2n) is 6.50. The Bertz CT molecular complexity index is 437. The molecule has 2 heteroatoms. The zero-order valence-corrected chi connectivity index (χ0v) is 12.4. The predicted molar refractivity (Wildman–Crippen MR) is 79.5 cm³/mol. The first kappa shape index (κ1) is 14.1. The molecule has 0 radical (unpaired) electrons. The number of amides is 1. The third-order valence-electron chi connectivity index (χ3n) is 3.86. The van der Waals surface area contributed by atoms with Crippen molar-refractivity contribution in [2.24, 2.45) is 0 Å². The first-order valence-electron chi connectivity index (χ1n) is 7.39. The van der Waals surface area contributed by atoms with Gasteiger partial charge in [0, 0.05) is 18.7 Å². The van der Waals surface area contributed by atoms with Crippen LogP contribution in [0.3, 0.4) is 0 Å². The van der Waals surface area contributed by atoms with E-state index in [0.29, 0.717) is 0 Å². The first-order valence-corrected chi connectivity index (χ1v) is 7.39. The minimum Gasteiger partial charge on any atom is -0.339 e. The van der Waals surface area contributed by atoms with Gasteiger partial charge < -0.3 is 4.90 Å². The van der Waals surface area contributed by atoms with Crippen molar-refractivity contribution in [3.05, 3.63) is 35.4 Å². The summed E-state index contributed by atoms with van der Waals surface area (Å²) in [4.78, 5) is 14.8. The standard InChI is InChI=1S/C17H25NO/c1-17(2,3)15-11-7-6-10-14(15)16(19)18-12-8-4-5-9-13-18/h6-7,10-11H,4-5,8-9,12-13H2,1-3H3. The lowest BCUT2D eigenvalue weighted by atomic mass is 9.83. The summed E-state index contributed by atoms with van der Waals surface area (Å²) in [6.45, 7) is 8.33. The van der Waals surface area contributed by atoms with Crippen molar-refractivity contribution in [1.82, 2.24) is 4.90 Å². The van der Waals surface area contributed by atoms with Crippen molar-refractivity contribution in [1.29, 1.82) is 0 Å². The van der Waals surface area contributed by atoms with E-state index >= 15 is 0 Å². The SMILES string of the molecule is CC(C)(C)c1ccccc1C(=O)N1CCCCCC1. The number of rotatable bonds is 1. The third kappa shape index (κ3) is 3.37. The van der Waals surface area contributed by atoms with Crippen LogP contribution in [0.4, 0.5) is 0 Å². The maximum absolute atomic E-state index is 12.7. The van der Waals surface area contributed by atoms with Gasteiger partial charge in [0.1, 0.15) is 0 Å². The Kier molecular flexibility index (Phi) is 4.28. The van der Waals surface area contributed by atoms with Crippen LogP contribution in [0.2, 0.25) is 0 Å². The van der Waals surface area contributed by atoms with Crippen LogP contribution in [0, 0.1) is 0 Å². The molecule has 0 unspecified atom stereocenters. The molecule has 1 aliphatic rings. The molecule has 1 amide bonds. The Morgan fingerprint density at radius 1 is 1.00 bits per heavy atom. The zero-order chi connectivity index (χ0) is 13.9. The van der Waals surface area contributed by atoms with Crippen LogP contribution in [0.5, 0.6) is 0 Å². The molecule has 0 N–H and O–H groups in total. The summed E-state index contributed by atoms with van der Waals surface area (Å²) in [6, 6.07) is 8.07. The van der Waals surface area contributed by atoms with Gasteiger partial charge in [0.15, 0.2) is 0 Å². The molecule has 1 aromatic carbocycles. The van der Waals surface area contributed by atoms with Gasteiger partial charge in [-0.25, -0.2) is 0 Å². The molecule has 1 aliphatic heterocycles. The summed E-state index contributed by atoms with van der Waals surface area (Å²) in [6.07, 6.45) is 4.79. The van der Waals surface area contributed by atoms with E-state index in [1.165, 1.54) is 12.8 Å². The molecule has 0 bridgehead atoms. The van der Waals surface area contributed by atoms with Gasteiger partial charge in [-0.2, -0.15) is 0 Å². The summed E-state index contributed by atoms with van der Waals surface area (Å²) in [7, 11) is 0. The van der Waals surface area contributed by atoms with Gasteiger partial charge in [0.25, 0.3) is 5.91 Å². The van der Waals surface area contributed by atoms with Crippen LogP contribution in [0.25, 0.3) is 0 Å². The number of carbonyl (C=O) groups is 1. The van der Waals surface area contributed by atoms with E-state index in [2.05, 4.69) is 26.8 Å². The number of likely N-dealkylation sites (tertiary alicyclic amines) is 1. The fraction of sp³-hybridized carbons (Fsp3) is 0.588. The summed E-state index contributed by atoms with van der Waals surface area (Å²) in [5.74, 6) is 0.215. The molecule has 1 aromatic rings. The van der Waals surface area contributed by atoms with Gasteiger partial charge >= 0.3 is 0 Å². The zero-order valence-electron chi connectivity index (χ0n) is 12.4. The maximum atomic E-state index is 12.7. The average Bonchev–Trinajstić information content (AvgIpc) is 2.66. The Hall–Kier alpha value is -1.31. The number of hydrogen-bond donors (Lipinski definition) is 0. The van der Waals surface area contributed by atoms with Gasteiger partial charge in [0.05, 0.1) is 0 Å². The van der Waals surface area contributed by atoms with Gasteiger partial charge in [-0.05, 0) is 29.9 Å². The molecule has 0 atom stereocenters. The Labute approximate surface area is 116 Å². The summed E-state index contributed by atoms with van der Waals surface area (Å²) < 4.78 is 0. The van der Waals surface area contributed by atoms with Crippen LogP contribution in [0.15, 0.2) is 24.3 Å². The largest absolute Gasteiger partial charge is 0.339 e. The normalized spacial score (nSPS) is 17.1. The molecule has 1 saturated heterocycles. The van der Waals surface area contributed by atoms with Crippen molar-refractivity contribution in [3.63, 3.8) is 0 Å². The van der Waals surface area contributed by atoms with Gasteiger partial charge in [0.2, 0.25) is 0 Å². The lowest BCUT2D eigenvalue weighted by Crippen LogP contribution is -2.33. The fourth-order valence-corrected chi connectivity index (χ4v) is 2.77. The molecule has 2 rings (SSSR count).